The summed E-state index contributed by atoms with van der Waals surface area (Å²) >= 11 is 0. The van der Waals surface area contributed by atoms with Gasteiger partial charge in [-0.3, -0.25) is 4.98 Å². The lowest BCUT2D eigenvalue weighted by Gasteiger charge is -2.20. The van der Waals surface area contributed by atoms with Gasteiger partial charge < -0.3 is 5.32 Å². The van der Waals surface area contributed by atoms with Crippen LogP contribution in [-0.2, 0) is 9.84 Å². The summed E-state index contributed by atoms with van der Waals surface area (Å²) in [6.45, 7) is 0. The molecule has 1 atom stereocenters. The first-order chi connectivity index (χ1) is 11.9. The van der Waals surface area contributed by atoms with Gasteiger partial charge in [-0.25, -0.2) is 12.8 Å². The minimum absolute atomic E-state index is 0.248. The van der Waals surface area contributed by atoms with Gasteiger partial charge in [0.05, 0.1) is 16.6 Å². The van der Waals surface area contributed by atoms with Crippen molar-refractivity contribution in [3.63, 3.8) is 0 Å². The first-order valence-corrected chi connectivity index (χ1v) is 9.56. The van der Waals surface area contributed by atoms with Crippen molar-refractivity contribution in [1.29, 1.82) is 0 Å². The Hall–Kier alpha value is -2.73. The van der Waals surface area contributed by atoms with Crippen molar-refractivity contribution in [3.05, 3.63) is 90.0 Å². The molecule has 128 valence electrons. The second kappa shape index (κ2) is 7.03. The van der Waals surface area contributed by atoms with E-state index in [-0.39, 0.29) is 16.8 Å². The van der Waals surface area contributed by atoms with Crippen molar-refractivity contribution < 1.29 is 12.8 Å². The van der Waals surface area contributed by atoms with Crippen LogP contribution >= 0.6 is 0 Å². The maximum atomic E-state index is 13.7. The Balaban J connectivity index is 1.96. The molecule has 25 heavy (non-hydrogen) atoms. The molecule has 6 heteroatoms. The van der Waals surface area contributed by atoms with E-state index in [0.717, 1.165) is 11.3 Å². The monoisotopic (exact) mass is 356 g/mol. The van der Waals surface area contributed by atoms with Crippen LogP contribution in [0.2, 0.25) is 0 Å². The second-order valence-corrected chi connectivity index (χ2v) is 7.70. The van der Waals surface area contributed by atoms with Crippen LogP contribution in [0.25, 0.3) is 0 Å². The number of halogens is 1. The van der Waals surface area contributed by atoms with Gasteiger partial charge in [-0.2, -0.15) is 0 Å². The molecule has 1 heterocycles. The summed E-state index contributed by atoms with van der Waals surface area (Å²) in [5.74, 6) is -0.326. The lowest BCUT2D eigenvalue weighted by atomic mass is 10.0. The van der Waals surface area contributed by atoms with Gasteiger partial charge in [0.2, 0.25) is 0 Å². The van der Waals surface area contributed by atoms with Crippen LogP contribution in [0.4, 0.5) is 10.1 Å². The van der Waals surface area contributed by atoms with Crippen LogP contribution in [0, 0.1) is 5.82 Å². The Labute approximate surface area is 146 Å². The maximum Gasteiger partial charge on any atom is 0.175 e. The van der Waals surface area contributed by atoms with Crippen LogP contribution in [0.5, 0.6) is 0 Å². The number of aromatic nitrogens is 1. The van der Waals surface area contributed by atoms with Crippen molar-refractivity contribution >= 4 is 15.5 Å². The number of rotatable bonds is 5. The Morgan fingerprint density at radius 2 is 1.76 bits per heavy atom. The van der Waals surface area contributed by atoms with Crippen LogP contribution in [0.15, 0.2) is 77.8 Å². The molecule has 0 fully saturated rings. The molecule has 0 bridgehead atoms. The quantitative estimate of drug-likeness (QED) is 0.755. The molecule has 1 unspecified atom stereocenters. The van der Waals surface area contributed by atoms with Crippen molar-refractivity contribution in [2.45, 2.75) is 10.9 Å². The molecular weight excluding hydrogens is 339 g/mol. The predicted octanol–water partition coefficient (Wildman–Crippen LogP) is 3.83. The summed E-state index contributed by atoms with van der Waals surface area (Å²) in [6, 6.07) is 17.9. The topological polar surface area (TPSA) is 59.1 Å². The summed E-state index contributed by atoms with van der Waals surface area (Å²) in [4.78, 5) is 4.61. The Morgan fingerprint density at radius 1 is 1.00 bits per heavy atom. The summed E-state index contributed by atoms with van der Waals surface area (Å²) in [6.07, 6.45) is 2.84. The number of anilines is 1. The third kappa shape index (κ3) is 4.22. The Morgan fingerprint density at radius 3 is 2.36 bits per heavy atom. The molecule has 0 saturated heterocycles. The molecule has 1 N–H and O–H groups in total. The highest BCUT2D eigenvalue weighted by Gasteiger charge is 2.16. The molecule has 0 aliphatic carbocycles. The van der Waals surface area contributed by atoms with E-state index in [4.69, 9.17) is 0 Å². The van der Waals surface area contributed by atoms with E-state index in [0.29, 0.717) is 5.69 Å². The van der Waals surface area contributed by atoms with Crippen LogP contribution in [-0.4, -0.2) is 19.7 Å². The summed E-state index contributed by atoms with van der Waals surface area (Å²) in [5.41, 5.74) is 2.18. The van der Waals surface area contributed by atoms with Gasteiger partial charge in [0, 0.05) is 18.1 Å². The first-order valence-electron chi connectivity index (χ1n) is 7.66. The Bertz CT molecular complexity index is 958. The average Bonchev–Trinajstić information content (AvgIpc) is 2.60. The van der Waals surface area contributed by atoms with Crippen molar-refractivity contribution in [3.8, 4) is 0 Å². The molecule has 1 aromatic heterocycles. The highest BCUT2D eigenvalue weighted by atomic mass is 32.2. The number of hydrogen-bond acceptors (Lipinski definition) is 4. The fourth-order valence-corrected chi connectivity index (χ4v) is 3.16. The standard InChI is InChI=1S/C19H17FN2O2S/c1-25(23,24)17-10-8-16(9-11-17)22-19(18-7-2-3-12-21-18)14-5-4-6-15(20)13-14/h2-13,19,22H,1H3. The highest BCUT2D eigenvalue weighted by Crippen LogP contribution is 2.26. The fourth-order valence-electron chi connectivity index (χ4n) is 2.53. The molecule has 3 rings (SSSR count). The van der Waals surface area contributed by atoms with Gasteiger partial charge in [-0.05, 0) is 54.1 Å². The van der Waals surface area contributed by atoms with E-state index in [2.05, 4.69) is 10.3 Å². The average molecular weight is 356 g/mol. The molecular formula is C19H17FN2O2S. The zero-order chi connectivity index (χ0) is 17.9. The van der Waals surface area contributed by atoms with Gasteiger partial charge in [0.15, 0.2) is 9.84 Å². The van der Waals surface area contributed by atoms with E-state index in [1.807, 2.05) is 24.3 Å². The normalized spacial score (nSPS) is 12.6. The summed E-state index contributed by atoms with van der Waals surface area (Å²) in [7, 11) is -3.25. The number of nitrogens with one attached hydrogen (secondary N) is 1. The third-order valence-corrected chi connectivity index (χ3v) is 4.89. The number of sulfone groups is 1. The van der Waals surface area contributed by atoms with Gasteiger partial charge in [0.25, 0.3) is 0 Å². The minimum Gasteiger partial charge on any atom is -0.373 e. The molecule has 3 aromatic rings. The zero-order valence-corrected chi connectivity index (χ0v) is 14.4. The Kier molecular flexibility index (Phi) is 4.81. The molecule has 0 spiro atoms. The van der Waals surface area contributed by atoms with Crippen LogP contribution in [0.1, 0.15) is 17.3 Å². The SMILES string of the molecule is CS(=O)(=O)c1ccc(NC(c2cccc(F)c2)c2ccccn2)cc1. The minimum atomic E-state index is -3.25. The second-order valence-electron chi connectivity index (χ2n) is 5.68. The number of benzene rings is 2. The first kappa shape index (κ1) is 17.1. The lowest BCUT2D eigenvalue weighted by molar-refractivity contribution is 0.602. The molecule has 0 aliphatic rings. The number of nitrogens with zero attached hydrogens (tertiary/aromatic N) is 1. The van der Waals surface area contributed by atoms with Crippen molar-refractivity contribution in [2.75, 3.05) is 11.6 Å². The van der Waals surface area contributed by atoms with Crippen LogP contribution in [0.3, 0.4) is 0 Å². The smallest absolute Gasteiger partial charge is 0.175 e. The molecule has 2 aromatic carbocycles. The van der Waals surface area contributed by atoms with E-state index >= 15 is 0 Å². The van der Waals surface area contributed by atoms with E-state index in [1.165, 1.54) is 18.4 Å². The fraction of sp³-hybridized carbons (Fsp3) is 0.105. The van der Waals surface area contributed by atoms with Crippen LogP contribution < -0.4 is 5.32 Å². The number of hydrogen-bond donors (Lipinski definition) is 1. The summed E-state index contributed by atoms with van der Waals surface area (Å²) < 4.78 is 36.8. The van der Waals surface area contributed by atoms with E-state index in [1.54, 1.807) is 36.5 Å². The van der Waals surface area contributed by atoms with E-state index < -0.39 is 9.84 Å². The third-order valence-electron chi connectivity index (χ3n) is 3.76. The molecule has 0 amide bonds. The maximum absolute atomic E-state index is 13.7. The summed E-state index contributed by atoms with van der Waals surface area (Å²) in [5, 5.41) is 3.29. The largest absolute Gasteiger partial charge is 0.373 e. The predicted molar refractivity (Wildman–Crippen MR) is 95.7 cm³/mol. The van der Waals surface area contributed by atoms with Gasteiger partial charge in [-0.1, -0.05) is 18.2 Å². The lowest BCUT2D eigenvalue weighted by Crippen LogP contribution is -2.14. The van der Waals surface area contributed by atoms with Gasteiger partial charge in [0.1, 0.15) is 5.82 Å². The molecule has 4 nitrogen and oxygen atoms in total. The highest BCUT2D eigenvalue weighted by molar-refractivity contribution is 7.90. The van der Waals surface area contributed by atoms with Crippen molar-refractivity contribution in [1.82, 2.24) is 4.98 Å². The molecule has 0 saturated carbocycles. The van der Waals surface area contributed by atoms with Gasteiger partial charge >= 0.3 is 0 Å². The van der Waals surface area contributed by atoms with Gasteiger partial charge in [-0.15, -0.1) is 0 Å². The molecule has 0 radical (unpaired) electrons. The van der Waals surface area contributed by atoms with E-state index in [9.17, 15) is 12.8 Å². The molecule has 0 aliphatic heterocycles. The van der Waals surface area contributed by atoms with Crippen molar-refractivity contribution in [2.24, 2.45) is 0 Å². The zero-order valence-electron chi connectivity index (χ0n) is 13.6. The number of pyridine rings is 1.